The fourth-order valence-electron chi connectivity index (χ4n) is 1.73. The normalized spacial score (nSPS) is 13.3. The van der Waals surface area contributed by atoms with Crippen molar-refractivity contribution in [2.75, 3.05) is 18.1 Å². The lowest BCUT2D eigenvalue weighted by Gasteiger charge is -2.22. The molecule has 0 radical (unpaired) electrons. The summed E-state index contributed by atoms with van der Waals surface area (Å²) < 4.78 is 24.9. The van der Waals surface area contributed by atoms with Crippen molar-refractivity contribution in [3.05, 3.63) is 29.8 Å². The molecule has 0 saturated carbocycles. The summed E-state index contributed by atoms with van der Waals surface area (Å²) in [6.07, 6.45) is 1.12. The van der Waals surface area contributed by atoms with Crippen molar-refractivity contribution in [1.29, 1.82) is 0 Å². The van der Waals surface area contributed by atoms with Crippen LogP contribution in [0.2, 0.25) is 0 Å². The quantitative estimate of drug-likeness (QED) is 0.559. The van der Waals surface area contributed by atoms with Crippen molar-refractivity contribution in [3.8, 4) is 0 Å². The Balaban J connectivity index is 2.66. The molecule has 0 aliphatic heterocycles. The number of sulfonamides is 1. The second-order valence-corrected chi connectivity index (χ2v) is 7.20. The van der Waals surface area contributed by atoms with E-state index in [1.165, 1.54) is 0 Å². The predicted molar refractivity (Wildman–Crippen MR) is 83.3 cm³/mol. The fourth-order valence-corrected chi connectivity index (χ4v) is 2.80. The molecule has 20 heavy (non-hydrogen) atoms. The molecule has 4 N–H and O–H groups in total. The number of nitrogens with two attached hydrogens (primary N) is 1. The van der Waals surface area contributed by atoms with Gasteiger partial charge in [-0.2, -0.15) is 0 Å². The smallest absolute Gasteiger partial charge is 0.209 e. The van der Waals surface area contributed by atoms with E-state index in [0.29, 0.717) is 0 Å². The lowest BCUT2D eigenvalue weighted by Crippen LogP contribution is -2.45. The summed E-state index contributed by atoms with van der Waals surface area (Å²) >= 11 is 0. The first kappa shape index (κ1) is 16.5. The van der Waals surface area contributed by atoms with E-state index in [2.05, 4.69) is 15.0 Å². The highest BCUT2D eigenvalue weighted by atomic mass is 32.2. The monoisotopic (exact) mass is 298 g/mol. The molecule has 1 aromatic rings. The number of rotatable bonds is 5. The molecule has 0 fully saturated rings. The second-order valence-electron chi connectivity index (χ2n) is 5.45. The molecule has 1 aromatic carbocycles. The Morgan fingerprint density at radius 3 is 2.60 bits per heavy atom. The largest absolute Gasteiger partial charge is 0.370 e. The van der Waals surface area contributed by atoms with E-state index in [9.17, 15) is 8.42 Å². The molecule has 0 aromatic heterocycles. The third kappa shape index (κ3) is 6.53. The Bertz CT molecular complexity index is 594. The summed E-state index contributed by atoms with van der Waals surface area (Å²) in [7, 11) is -3.27. The zero-order chi connectivity index (χ0) is 15.4. The van der Waals surface area contributed by atoms with Crippen LogP contribution in [0.15, 0.2) is 29.3 Å². The minimum absolute atomic E-state index is 0.241. The van der Waals surface area contributed by atoms with Gasteiger partial charge in [-0.05, 0) is 38.5 Å². The van der Waals surface area contributed by atoms with Gasteiger partial charge in [-0.25, -0.2) is 13.1 Å². The number of guanidine groups is 1. The standard InChI is InChI=1S/C13H22N4O2S/c1-10-6-5-7-11(8-10)16-12(14)15-9-13(2,3)17-20(4,18)19/h5-8,17H,9H2,1-4H3,(H3,14,15,16). The number of benzene rings is 1. The SMILES string of the molecule is Cc1cccc(NC(N)=NCC(C)(C)NS(C)(=O)=O)c1. The van der Waals surface area contributed by atoms with Crippen LogP contribution in [0.25, 0.3) is 0 Å². The molecule has 0 heterocycles. The molecule has 0 aliphatic rings. The highest BCUT2D eigenvalue weighted by Crippen LogP contribution is 2.09. The molecule has 0 unspecified atom stereocenters. The van der Waals surface area contributed by atoms with E-state index in [-0.39, 0.29) is 12.5 Å². The van der Waals surface area contributed by atoms with Crippen LogP contribution in [0.3, 0.4) is 0 Å². The van der Waals surface area contributed by atoms with Crippen LogP contribution >= 0.6 is 0 Å². The van der Waals surface area contributed by atoms with Gasteiger partial charge in [0.1, 0.15) is 0 Å². The minimum atomic E-state index is -3.27. The van der Waals surface area contributed by atoms with Gasteiger partial charge in [-0.1, -0.05) is 12.1 Å². The molecule has 0 saturated heterocycles. The van der Waals surface area contributed by atoms with Crippen LogP contribution in [0.1, 0.15) is 19.4 Å². The van der Waals surface area contributed by atoms with E-state index in [1.54, 1.807) is 13.8 Å². The summed E-state index contributed by atoms with van der Waals surface area (Å²) in [4.78, 5) is 4.16. The van der Waals surface area contributed by atoms with Crippen LogP contribution in [-0.2, 0) is 10.0 Å². The first-order valence-electron chi connectivity index (χ1n) is 6.20. The molecule has 1 rings (SSSR count). The topological polar surface area (TPSA) is 96.6 Å². The molecule has 7 heteroatoms. The number of hydrogen-bond acceptors (Lipinski definition) is 3. The van der Waals surface area contributed by atoms with Crippen LogP contribution in [-0.4, -0.2) is 32.7 Å². The predicted octanol–water partition coefficient (Wildman–Crippen LogP) is 1.05. The van der Waals surface area contributed by atoms with Gasteiger partial charge in [-0.3, -0.25) is 4.99 Å². The third-order valence-electron chi connectivity index (χ3n) is 2.40. The van der Waals surface area contributed by atoms with E-state index in [0.717, 1.165) is 17.5 Å². The molecule has 0 spiro atoms. The molecule has 6 nitrogen and oxygen atoms in total. The number of hydrogen-bond donors (Lipinski definition) is 3. The summed E-state index contributed by atoms with van der Waals surface area (Å²) in [5.74, 6) is 0.249. The maximum absolute atomic E-state index is 11.2. The van der Waals surface area contributed by atoms with Gasteiger partial charge in [0.25, 0.3) is 0 Å². The number of nitrogens with zero attached hydrogens (tertiary/aromatic N) is 1. The average molecular weight is 298 g/mol. The molecule has 112 valence electrons. The van der Waals surface area contributed by atoms with Crippen LogP contribution < -0.4 is 15.8 Å². The average Bonchev–Trinajstić information content (AvgIpc) is 2.23. The molecular formula is C13H22N4O2S. The van der Waals surface area contributed by atoms with E-state index >= 15 is 0 Å². The van der Waals surface area contributed by atoms with Gasteiger partial charge < -0.3 is 11.1 Å². The Morgan fingerprint density at radius 2 is 2.05 bits per heavy atom. The molecule has 0 atom stereocenters. The number of nitrogens with one attached hydrogen (secondary N) is 2. The zero-order valence-electron chi connectivity index (χ0n) is 12.3. The van der Waals surface area contributed by atoms with Gasteiger partial charge in [0.05, 0.1) is 12.8 Å². The van der Waals surface area contributed by atoms with Gasteiger partial charge >= 0.3 is 0 Å². The summed E-state index contributed by atoms with van der Waals surface area (Å²) in [6, 6.07) is 7.73. The van der Waals surface area contributed by atoms with Crippen LogP contribution in [0.4, 0.5) is 5.69 Å². The maximum Gasteiger partial charge on any atom is 0.209 e. The summed E-state index contributed by atoms with van der Waals surface area (Å²) in [6.45, 7) is 5.72. The van der Waals surface area contributed by atoms with Gasteiger partial charge in [0.2, 0.25) is 10.0 Å². The second kappa shape index (κ2) is 6.23. The number of anilines is 1. The van der Waals surface area contributed by atoms with Gasteiger partial charge in [0, 0.05) is 11.2 Å². The van der Waals surface area contributed by atoms with Crippen LogP contribution in [0.5, 0.6) is 0 Å². The highest BCUT2D eigenvalue weighted by Gasteiger charge is 2.21. The Labute approximate surface area is 120 Å². The van der Waals surface area contributed by atoms with Crippen molar-refractivity contribution in [2.24, 2.45) is 10.7 Å². The van der Waals surface area contributed by atoms with Gasteiger partial charge in [0.15, 0.2) is 5.96 Å². The maximum atomic E-state index is 11.2. The fraction of sp³-hybridized carbons (Fsp3) is 0.462. The van der Waals surface area contributed by atoms with Gasteiger partial charge in [-0.15, -0.1) is 0 Å². The van der Waals surface area contributed by atoms with E-state index in [1.807, 2.05) is 31.2 Å². The van der Waals surface area contributed by atoms with Crippen LogP contribution in [0, 0.1) is 6.92 Å². The molecule has 0 aliphatic carbocycles. The number of aryl methyl sites for hydroxylation is 1. The number of aliphatic imine (C=N–C) groups is 1. The molecular weight excluding hydrogens is 276 g/mol. The Kier molecular flexibility index (Phi) is 5.13. The van der Waals surface area contributed by atoms with Crippen molar-refractivity contribution in [3.63, 3.8) is 0 Å². The lowest BCUT2D eigenvalue weighted by atomic mass is 10.1. The van der Waals surface area contributed by atoms with Crippen molar-refractivity contribution < 1.29 is 8.42 Å². The Morgan fingerprint density at radius 1 is 1.40 bits per heavy atom. The van der Waals surface area contributed by atoms with E-state index < -0.39 is 15.6 Å². The van der Waals surface area contributed by atoms with Crippen molar-refractivity contribution in [1.82, 2.24) is 4.72 Å². The Hall–Kier alpha value is -1.60. The first-order valence-corrected chi connectivity index (χ1v) is 8.09. The third-order valence-corrected chi connectivity index (χ3v) is 3.32. The minimum Gasteiger partial charge on any atom is -0.370 e. The summed E-state index contributed by atoms with van der Waals surface area (Å²) in [5.41, 5.74) is 7.06. The summed E-state index contributed by atoms with van der Waals surface area (Å²) in [5, 5.41) is 2.97. The first-order chi connectivity index (χ1) is 9.07. The van der Waals surface area contributed by atoms with E-state index in [4.69, 9.17) is 5.73 Å². The molecule has 0 bridgehead atoms. The molecule has 0 amide bonds. The van der Waals surface area contributed by atoms with Crippen molar-refractivity contribution >= 4 is 21.7 Å². The zero-order valence-corrected chi connectivity index (χ0v) is 13.1. The lowest BCUT2D eigenvalue weighted by molar-refractivity contribution is 0.466. The highest BCUT2D eigenvalue weighted by molar-refractivity contribution is 7.88. The van der Waals surface area contributed by atoms with Crippen molar-refractivity contribution in [2.45, 2.75) is 26.3 Å².